The van der Waals surface area contributed by atoms with Crippen molar-refractivity contribution in [2.24, 2.45) is 0 Å². The molecule has 0 N–H and O–H groups in total. The van der Waals surface area contributed by atoms with Crippen LogP contribution < -0.4 is 0 Å². The number of hydrogen-bond acceptors (Lipinski definition) is 1. The minimum atomic E-state index is -2.38. The van der Waals surface area contributed by atoms with Crippen molar-refractivity contribution < 1.29 is 41.5 Å². The largest absolute Gasteiger partial charge is 0.450 e. The van der Waals surface area contributed by atoms with Crippen molar-refractivity contribution in [2.45, 2.75) is 13.3 Å². The predicted octanol–water partition coefficient (Wildman–Crippen LogP) is 3.06. The van der Waals surface area contributed by atoms with E-state index in [2.05, 4.69) is 28.7 Å². The molecule has 1 aliphatic heterocycles. The zero-order valence-corrected chi connectivity index (χ0v) is 12.2. The molecule has 1 heterocycles. The van der Waals surface area contributed by atoms with Crippen LogP contribution in [-0.2, 0) is 32.7 Å². The molecule has 0 saturated heterocycles. The van der Waals surface area contributed by atoms with E-state index < -0.39 is 6.43 Å². The number of nitrogens with zero attached hydrogens (tertiary/aromatic N) is 1. The second-order valence-electron chi connectivity index (χ2n) is 2.74. The van der Waals surface area contributed by atoms with Gasteiger partial charge in [0.2, 0.25) is 0 Å². The Morgan fingerprint density at radius 3 is 2.71 bits per heavy atom. The Bertz CT molecular complexity index is 287. The minimum Gasteiger partial charge on any atom is -0.450 e. The van der Waals surface area contributed by atoms with E-state index in [9.17, 15) is 8.78 Å². The van der Waals surface area contributed by atoms with Crippen molar-refractivity contribution in [1.82, 2.24) is 4.90 Å². The molecule has 1 rings (SSSR count). The SMILES string of the molecule is C=C1C(Br)=CC(C)=[C-]N1CC(F)F.[Y]. The average molecular weight is 338 g/mol. The van der Waals surface area contributed by atoms with Crippen LogP contribution in [0.4, 0.5) is 8.78 Å². The third-order valence-electron chi connectivity index (χ3n) is 1.58. The van der Waals surface area contributed by atoms with E-state index in [-0.39, 0.29) is 39.3 Å². The predicted molar refractivity (Wildman–Crippen MR) is 51.3 cm³/mol. The van der Waals surface area contributed by atoms with Crippen molar-refractivity contribution in [3.05, 3.63) is 34.6 Å². The number of rotatable bonds is 2. The number of halogens is 3. The third kappa shape index (κ3) is 3.91. The summed E-state index contributed by atoms with van der Waals surface area (Å²) in [6.07, 6.45) is 2.21. The molecule has 75 valence electrons. The van der Waals surface area contributed by atoms with Crippen molar-refractivity contribution in [3.8, 4) is 0 Å². The zero-order chi connectivity index (χ0) is 10.0. The summed E-state index contributed by atoms with van der Waals surface area (Å²) in [5, 5.41) is 0. The Labute approximate surface area is 116 Å². The summed E-state index contributed by atoms with van der Waals surface area (Å²) in [7, 11) is 0. The fraction of sp³-hybridized carbons (Fsp3) is 0.333. The van der Waals surface area contributed by atoms with Crippen LogP contribution in [0, 0.1) is 6.20 Å². The second-order valence-corrected chi connectivity index (χ2v) is 3.59. The van der Waals surface area contributed by atoms with E-state index >= 15 is 0 Å². The summed E-state index contributed by atoms with van der Waals surface area (Å²) in [6, 6.07) is 0. The zero-order valence-electron chi connectivity index (χ0n) is 7.73. The molecule has 1 nitrogen and oxygen atoms in total. The molecule has 5 heteroatoms. The topological polar surface area (TPSA) is 3.24 Å². The molecule has 0 fully saturated rings. The summed E-state index contributed by atoms with van der Waals surface area (Å²) >= 11 is 3.24. The number of allylic oxidation sites excluding steroid dienone is 3. The summed E-state index contributed by atoms with van der Waals surface area (Å²) < 4.78 is 24.9. The van der Waals surface area contributed by atoms with Gasteiger partial charge in [-0.1, -0.05) is 39.2 Å². The van der Waals surface area contributed by atoms with E-state index in [1.807, 2.05) is 0 Å². The number of hydrogen-bond donors (Lipinski definition) is 0. The van der Waals surface area contributed by atoms with Crippen LogP contribution in [0.25, 0.3) is 0 Å². The van der Waals surface area contributed by atoms with Gasteiger partial charge in [-0.25, -0.2) is 8.78 Å². The molecule has 1 aliphatic rings. The molecule has 1 radical (unpaired) electrons. The van der Waals surface area contributed by atoms with Gasteiger partial charge in [-0.3, -0.25) is 0 Å². The molecule has 14 heavy (non-hydrogen) atoms. The first-order valence-corrected chi connectivity index (χ1v) is 4.52. The first-order chi connectivity index (χ1) is 6.00. The van der Waals surface area contributed by atoms with Crippen LogP contribution in [0.3, 0.4) is 0 Å². The number of alkyl halides is 2. The maximum absolute atomic E-state index is 12.1. The Kier molecular flexibility index (Phi) is 6.34. The molecule has 0 amide bonds. The van der Waals surface area contributed by atoms with E-state index in [0.717, 1.165) is 10.1 Å². The first-order valence-electron chi connectivity index (χ1n) is 3.73. The van der Waals surface area contributed by atoms with Gasteiger partial charge in [0.15, 0.2) is 0 Å². The normalized spacial score (nSPS) is 16.4. The van der Waals surface area contributed by atoms with Gasteiger partial charge >= 0.3 is 0 Å². The average Bonchev–Trinajstić information content (AvgIpc) is 1.98. The Morgan fingerprint density at radius 2 is 2.21 bits per heavy atom. The second kappa shape index (κ2) is 6.14. The maximum atomic E-state index is 12.1. The van der Waals surface area contributed by atoms with Crippen molar-refractivity contribution in [1.29, 1.82) is 0 Å². The molecule has 0 aliphatic carbocycles. The monoisotopic (exact) mass is 337 g/mol. The van der Waals surface area contributed by atoms with Gasteiger partial charge in [0.25, 0.3) is 6.43 Å². The van der Waals surface area contributed by atoms with E-state index in [1.165, 1.54) is 4.90 Å². The van der Waals surface area contributed by atoms with Crippen LogP contribution in [0.15, 0.2) is 28.4 Å². The van der Waals surface area contributed by atoms with Crippen LogP contribution in [0.2, 0.25) is 0 Å². The molecule has 0 aromatic carbocycles. The summed E-state index contributed by atoms with van der Waals surface area (Å²) in [5.74, 6) is 0. The quantitative estimate of drug-likeness (QED) is 0.700. The smallest absolute Gasteiger partial charge is 0.254 e. The summed E-state index contributed by atoms with van der Waals surface area (Å²) in [4.78, 5) is 1.32. The molecule has 0 aromatic rings. The molecular formula is C9H9BrF2NY-. The van der Waals surface area contributed by atoms with Crippen molar-refractivity contribution >= 4 is 15.9 Å². The standard InChI is InChI=1S/C9H9BrF2N.Y/c1-6-3-8(10)7(2)13(4-6)5-9(11)12;/h3,9H,2,5H2,1H3;/q-1;. The van der Waals surface area contributed by atoms with Gasteiger partial charge in [-0.2, -0.15) is 6.08 Å². The Balaban J connectivity index is 0.00000169. The third-order valence-corrected chi connectivity index (χ3v) is 2.26. The summed E-state index contributed by atoms with van der Waals surface area (Å²) in [6.45, 7) is 5.10. The fourth-order valence-corrected chi connectivity index (χ4v) is 1.57. The molecule has 0 bridgehead atoms. The molecule has 0 aromatic heterocycles. The van der Waals surface area contributed by atoms with Crippen LogP contribution in [0.5, 0.6) is 0 Å². The molecule has 0 spiro atoms. The Hall–Kier alpha value is 0.464. The molecule has 0 saturated carbocycles. The first kappa shape index (κ1) is 14.5. The van der Waals surface area contributed by atoms with E-state index in [4.69, 9.17) is 0 Å². The summed E-state index contributed by atoms with van der Waals surface area (Å²) in [5.41, 5.74) is 1.32. The van der Waals surface area contributed by atoms with Gasteiger partial charge in [0.05, 0.1) is 6.54 Å². The van der Waals surface area contributed by atoms with Crippen molar-refractivity contribution in [3.63, 3.8) is 0 Å². The Morgan fingerprint density at radius 1 is 1.64 bits per heavy atom. The van der Waals surface area contributed by atoms with Crippen molar-refractivity contribution in [2.75, 3.05) is 6.54 Å². The minimum absolute atomic E-state index is 0. The van der Waals surface area contributed by atoms with E-state index in [0.29, 0.717) is 5.70 Å². The van der Waals surface area contributed by atoms with Gasteiger partial charge in [0, 0.05) is 32.7 Å². The molecule has 0 unspecified atom stereocenters. The molecule has 0 atom stereocenters. The fourth-order valence-electron chi connectivity index (χ4n) is 1.01. The van der Waals surface area contributed by atoms with E-state index in [1.54, 1.807) is 13.0 Å². The van der Waals surface area contributed by atoms with Crippen LogP contribution in [-0.4, -0.2) is 17.9 Å². The molecular weight excluding hydrogens is 329 g/mol. The van der Waals surface area contributed by atoms with Crippen LogP contribution in [0.1, 0.15) is 6.92 Å². The van der Waals surface area contributed by atoms with Crippen LogP contribution >= 0.6 is 15.9 Å². The van der Waals surface area contributed by atoms with Gasteiger partial charge in [-0.05, 0) is 0 Å². The van der Waals surface area contributed by atoms with Gasteiger partial charge in [-0.15, -0.1) is 12.2 Å². The van der Waals surface area contributed by atoms with Gasteiger partial charge < -0.3 is 4.90 Å². The van der Waals surface area contributed by atoms with Gasteiger partial charge in [0.1, 0.15) is 0 Å². The maximum Gasteiger partial charge on any atom is 0.254 e.